The molecule has 0 heterocycles. The normalized spacial score (nSPS) is 13.7. The molecule has 0 fully saturated rings. The van der Waals surface area contributed by atoms with E-state index in [-0.39, 0.29) is 25.9 Å². The van der Waals surface area contributed by atoms with Crippen molar-refractivity contribution in [3.8, 4) is 0 Å². The van der Waals surface area contributed by atoms with Gasteiger partial charge >= 0.3 is 25.7 Å². The molecule has 2 N–H and O–H groups in total. The highest BCUT2D eigenvalue weighted by Crippen LogP contribution is 2.43. The molecular formula is C68H121O11P. The Morgan fingerprint density at radius 1 is 0.362 bits per heavy atom. The quantitative estimate of drug-likeness (QED) is 0.0197. The van der Waals surface area contributed by atoms with E-state index in [9.17, 15) is 28.9 Å². The lowest BCUT2D eigenvalue weighted by atomic mass is 10.0. The number of aliphatic hydroxyl groups is 1. The molecule has 0 bridgehead atoms. The van der Waals surface area contributed by atoms with Crippen LogP contribution in [-0.4, -0.2) is 66.5 Å². The second-order valence-electron chi connectivity index (χ2n) is 21.9. The van der Waals surface area contributed by atoms with Gasteiger partial charge in [-0.2, -0.15) is 0 Å². The molecule has 0 aromatic heterocycles. The van der Waals surface area contributed by atoms with Crippen LogP contribution in [0.3, 0.4) is 0 Å². The van der Waals surface area contributed by atoms with Gasteiger partial charge in [-0.25, -0.2) is 4.57 Å². The number of hydrogen-bond acceptors (Lipinski definition) is 10. The van der Waals surface area contributed by atoms with Crippen LogP contribution in [0.5, 0.6) is 0 Å². The van der Waals surface area contributed by atoms with Gasteiger partial charge in [0.1, 0.15) is 12.7 Å². The molecule has 464 valence electrons. The number of hydrogen-bond donors (Lipinski definition) is 2. The topological polar surface area (TPSA) is 155 Å². The van der Waals surface area contributed by atoms with Crippen molar-refractivity contribution in [2.75, 3.05) is 26.4 Å². The maximum atomic E-state index is 13.0. The lowest BCUT2D eigenvalue weighted by Gasteiger charge is -2.21. The van der Waals surface area contributed by atoms with Crippen LogP contribution < -0.4 is 0 Å². The molecule has 0 saturated heterocycles. The zero-order chi connectivity index (χ0) is 58.3. The number of aliphatic hydroxyl groups excluding tert-OH is 1. The van der Waals surface area contributed by atoms with Crippen LogP contribution in [0.2, 0.25) is 0 Å². The van der Waals surface area contributed by atoms with E-state index < -0.39 is 57.8 Å². The molecule has 3 atom stereocenters. The van der Waals surface area contributed by atoms with Crippen LogP contribution in [0.4, 0.5) is 0 Å². The molecule has 0 aliphatic carbocycles. The van der Waals surface area contributed by atoms with E-state index in [2.05, 4.69) is 93.7 Å². The lowest BCUT2D eigenvalue weighted by Crippen LogP contribution is -2.30. The van der Waals surface area contributed by atoms with Gasteiger partial charge in [-0.1, -0.05) is 267 Å². The Labute approximate surface area is 490 Å². The summed E-state index contributed by atoms with van der Waals surface area (Å²) in [7, 11) is -4.76. The number of phosphoric acid groups is 1. The predicted molar refractivity (Wildman–Crippen MR) is 335 cm³/mol. The SMILES string of the molecule is CC/C=C\C/C=C\C/C=C\C/C=C\CCCCCCCCC(=O)OCC(COP(=O)(O)OCC(CO)OC(=O)CCCCCCC/C=C\C/C=C\CCCCC)OC(=O)CCCCCCCCCCCCCCCCCCCCC. The first-order valence-electron chi connectivity index (χ1n) is 32.8. The maximum absolute atomic E-state index is 13.0. The highest BCUT2D eigenvalue weighted by molar-refractivity contribution is 7.47. The van der Waals surface area contributed by atoms with Crippen molar-refractivity contribution in [1.82, 2.24) is 0 Å². The first kappa shape index (κ1) is 76.9. The van der Waals surface area contributed by atoms with Gasteiger partial charge in [0.15, 0.2) is 6.10 Å². The van der Waals surface area contributed by atoms with Crippen molar-refractivity contribution in [2.24, 2.45) is 0 Å². The molecule has 80 heavy (non-hydrogen) atoms. The van der Waals surface area contributed by atoms with Gasteiger partial charge in [0.2, 0.25) is 0 Å². The molecule has 3 unspecified atom stereocenters. The number of carbonyl (C=O) groups is 3. The van der Waals surface area contributed by atoms with E-state index in [0.29, 0.717) is 19.3 Å². The number of unbranched alkanes of at least 4 members (excludes halogenated alkanes) is 32. The van der Waals surface area contributed by atoms with Gasteiger partial charge in [0.05, 0.1) is 19.8 Å². The summed E-state index contributed by atoms with van der Waals surface area (Å²) in [6, 6.07) is 0. The molecule has 0 aromatic rings. The molecule has 0 aromatic carbocycles. The second kappa shape index (κ2) is 62.0. The van der Waals surface area contributed by atoms with Crippen molar-refractivity contribution >= 4 is 25.7 Å². The van der Waals surface area contributed by atoms with E-state index in [1.165, 1.54) is 116 Å². The third-order valence-corrected chi connectivity index (χ3v) is 15.1. The summed E-state index contributed by atoms with van der Waals surface area (Å²) < 4.78 is 39.7. The molecule has 0 amide bonds. The van der Waals surface area contributed by atoms with E-state index in [1.54, 1.807) is 0 Å². The molecule has 0 rings (SSSR count). The Hall–Kier alpha value is -3.08. The number of allylic oxidation sites excluding steroid dienone is 12. The average molecular weight is 1150 g/mol. The van der Waals surface area contributed by atoms with Gasteiger partial charge in [0, 0.05) is 19.3 Å². The van der Waals surface area contributed by atoms with Crippen LogP contribution in [0.25, 0.3) is 0 Å². The number of rotatable bonds is 61. The van der Waals surface area contributed by atoms with Crippen molar-refractivity contribution < 1.29 is 52.2 Å². The third kappa shape index (κ3) is 59.5. The van der Waals surface area contributed by atoms with E-state index >= 15 is 0 Å². The minimum atomic E-state index is -4.76. The third-order valence-electron chi connectivity index (χ3n) is 14.1. The van der Waals surface area contributed by atoms with Gasteiger partial charge < -0.3 is 24.2 Å². The first-order chi connectivity index (χ1) is 39.2. The summed E-state index contributed by atoms with van der Waals surface area (Å²) in [4.78, 5) is 48.8. The first-order valence-corrected chi connectivity index (χ1v) is 34.3. The Bertz CT molecular complexity index is 1620. The molecule has 0 saturated carbocycles. The number of phosphoric ester groups is 1. The Morgan fingerprint density at radius 2 is 0.650 bits per heavy atom. The van der Waals surface area contributed by atoms with E-state index in [1.807, 2.05) is 0 Å². The minimum Gasteiger partial charge on any atom is -0.462 e. The largest absolute Gasteiger partial charge is 0.472 e. The van der Waals surface area contributed by atoms with Crippen molar-refractivity contribution in [3.05, 3.63) is 72.9 Å². The molecule has 11 nitrogen and oxygen atoms in total. The van der Waals surface area contributed by atoms with Crippen LogP contribution in [0.15, 0.2) is 72.9 Å². The van der Waals surface area contributed by atoms with Gasteiger partial charge in [-0.15, -0.1) is 0 Å². The van der Waals surface area contributed by atoms with Crippen LogP contribution >= 0.6 is 7.82 Å². The summed E-state index contributed by atoms with van der Waals surface area (Å²) in [5.74, 6) is -1.48. The Balaban J connectivity index is 4.72. The average Bonchev–Trinajstić information content (AvgIpc) is 3.45. The van der Waals surface area contributed by atoms with Crippen LogP contribution in [0.1, 0.15) is 303 Å². The minimum absolute atomic E-state index is 0.160. The summed E-state index contributed by atoms with van der Waals surface area (Å²) in [5.41, 5.74) is 0. The van der Waals surface area contributed by atoms with Gasteiger partial charge in [-0.3, -0.25) is 23.4 Å². The summed E-state index contributed by atoms with van der Waals surface area (Å²) in [6.07, 6.45) is 71.3. The summed E-state index contributed by atoms with van der Waals surface area (Å²) >= 11 is 0. The van der Waals surface area contributed by atoms with Crippen LogP contribution in [0, 0.1) is 0 Å². The zero-order valence-corrected chi connectivity index (χ0v) is 52.4. The molecule has 0 aliphatic rings. The fourth-order valence-corrected chi connectivity index (χ4v) is 9.93. The predicted octanol–water partition coefficient (Wildman–Crippen LogP) is 20.0. The van der Waals surface area contributed by atoms with E-state index in [4.69, 9.17) is 23.3 Å². The zero-order valence-electron chi connectivity index (χ0n) is 51.5. The monoisotopic (exact) mass is 1140 g/mol. The standard InChI is InChI=1S/C68H121O11P/c1-4-7-10-13-16-19-22-25-28-30-32-34-37-39-42-45-48-51-54-57-66(70)75-61-65(79-68(72)59-56-53-50-47-44-41-38-35-33-31-29-26-23-20-17-14-11-8-5-2)63-77-80(73,74)76-62-64(60-69)78-67(71)58-55-52-49-46-43-40-36-27-24-21-18-15-12-9-6-3/h7,10,16,18-19,21,25,27-28,32,34,36,64-65,69H,4-6,8-9,11-15,17,20,22-24,26,29-31,33,35,37-63H2,1-3H3,(H,73,74)/b10-7-,19-16-,21-18-,28-25-,34-32-,36-27-. The molecular weight excluding hydrogens is 1020 g/mol. The van der Waals surface area contributed by atoms with Crippen molar-refractivity contribution in [1.29, 1.82) is 0 Å². The van der Waals surface area contributed by atoms with Gasteiger partial charge in [-0.05, 0) is 89.9 Å². The smallest absolute Gasteiger partial charge is 0.462 e. The van der Waals surface area contributed by atoms with Crippen molar-refractivity contribution in [2.45, 2.75) is 315 Å². The number of ether oxygens (including phenoxy) is 3. The van der Waals surface area contributed by atoms with Crippen molar-refractivity contribution in [3.63, 3.8) is 0 Å². The Kier molecular flexibility index (Phi) is 59.6. The Morgan fingerprint density at radius 3 is 1.02 bits per heavy atom. The molecule has 12 heteroatoms. The molecule has 0 spiro atoms. The van der Waals surface area contributed by atoms with Gasteiger partial charge in [0.25, 0.3) is 0 Å². The fourth-order valence-electron chi connectivity index (χ4n) is 9.14. The molecule has 0 aliphatic heterocycles. The fraction of sp³-hybridized carbons (Fsp3) is 0.779. The summed E-state index contributed by atoms with van der Waals surface area (Å²) in [5, 5.41) is 9.85. The number of carbonyl (C=O) groups excluding carboxylic acids is 3. The molecule has 0 radical (unpaired) electrons. The second-order valence-corrected chi connectivity index (χ2v) is 23.4. The lowest BCUT2D eigenvalue weighted by molar-refractivity contribution is -0.161. The highest BCUT2D eigenvalue weighted by atomic mass is 31.2. The van der Waals surface area contributed by atoms with E-state index in [0.717, 1.165) is 128 Å². The number of esters is 3. The summed E-state index contributed by atoms with van der Waals surface area (Å²) in [6.45, 7) is 4.53. The highest BCUT2D eigenvalue weighted by Gasteiger charge is 2.28. The maximum Gasteiger partial charge on any atom is 0.472 e. The van der Waals surface area contributed by atoms with Crippen LogP contribution in [-0.2, 0) is 42.2 Å².